The number of ether oxygens (including phenoxy) is 3. The van der Waals surface area contributed by atoms with E-state index >= 15 is 0 Å². The second kappa shape index (κ2) is 8.39. The van der Waals surface area contributed by atoms with E-state index < -0.39 is 11.6 Å². The Bertz CT molecular complexity index is 1100. The number of carbonyl (C=O) groups is 1. The summed E-state index contributed by atoms with van der Waals surface area (Å²) in [6.07, 6.45) is 4.76. The van der Waals surface area contributed by atoms with E-state index in [0.29, 0.717) is 29.9 Å². The Morgan fingerprint density at radius 2 is 1.62 bits per heavy atom. The molecule has 150 valence electrons. The van der Waals surface area contributed by atoms with E-state index in [2.05, 4.69) is 16.9 Å². The van der Waals surface area contributed by atoms with Crippen molar-refractivity contribution in [1.82, 2.24) is 0 Å². The van der Waals surface area contributed by atoms with Crippen molar-refractivity contribution in [2.45, 2.75) is 25.7 Å². The summed E-state index contributed by atoms with van der Waals surface area (Å²) in [5.74, 6) is 0.690. The molecule has 1 aromatic heterocycles. The Morgan fingerprint density at radius 1 is 0.931 bits per heavy atom. The number of hydrogen-bond donors (Lipinski definition) is 0. The Morgan fingerprint density at radius 3 is 2.38 bits per heavy atom. The fraction of sp³-hybridized carbons (Fsp3) is 0.304. The lowest BCUT2D eigenvalue weighted by Crippen LogP contribution is -2.15. The molecule has 1 aliphatic carbocycles. The second-order valence-electron chi connectivity index (χ2n) is 6.97. The largest absolute Gasteiger partial charge is 0.490 e. The van der Waals surface area contributed by atoms with Crippen LogP contribution in [0, 0.1) is 0 Å². The number of hydrogen-bond acceptors (Lipinski definition) is 6. The highest BCUT2D eigenvalue weighted by Crippen LogP contribution is 2.25. The zero-order valence-electron chi connectivity index (χ0n) is 16.2. The van der Waals surface area contributed by atoms with Crippen LogP contribution in [0.1, 0.15) is 34.3 Å². The number of rotatable bonds is 6. The number of benzene rings is 2. The Kier molecular flexibility index (Phi) is 5.51. The van der Waals surface area contributed by atoms with Gasteiger partial charge in [-0.1, -0.05) is 6.07 Å². The van der Waals surface area contributed by atoms with Crippen molar-refractivity contribution in [2.24, 2.45) is 0 Å². The quantitative estimate of drug-likeness (QED) is 0.358. The molecule has 0 aliphatic heterocycles. The fourth-order valence-electron chi connectivity index (χ4n) is 3.55. The molecule has 0 fully saturated rings. The minimum Gasteiger partial charge on any atom is -0.490 e. The molecule has 29 heavy (non-hydrogen) atoms. The highest BCUT2D eigenvalue weighted by Gasteiger charge is 2.14. The van der Waals surface area contributed by atoms with Crippen LogP contribution in [0.15, 0.2) is 51.7 Å². The Hall–Kier alpha value is -3.28. The SMILES string of the molecule is COC(=O)c1cc2ccc(OCCOc3ccc4c(c3)CCCC4)cc2oc1=O. The van der Waals surface area contributed by atoms with Gasteiger partial charge in [0.05, 0.1) is 7.11 Å². The molecule has 6 heteroatoms. The molecule has 6 nitrogen and oxygen atoms in total. The van der Waals surface area contributed by atoms with Gasteiger partial charge in [-0.15, -0.1) is 0 Å². The lowest BCUT2D eigenvalue weighted by Gasteiger charge is -2.17. The van der Waals surface area contributed by atoms with E-state index in [0.717, 1.165) is 18.6 Å². The maximum absolute atomic E-state index is 11.9. The van der Waals surface area contributed by atoms with E-state index in [9.17, 15) is 9.59 Å². The van der Waals surface area contributed by atoms with Crippen molar-refractivity contribution in [3.8, 4) is 11.5 Å². The van der Waals surface area contributed by atoms with Crippen molar-refractivity contribution in [3.63, 3.8) is 0 Å². The van der Waals surface area contributed by atoms with Gasteiger partial charge in [0.25, 0.3) is 0 Å². The Labute approximate surface area is 168 Å². The molecule has 0 saturated heterocycles. The van der Waals surface area contributed by atoms with Crippen molar-refractivity contribution in [2.75, 3.05) is 20.3 Å². The standard InChI is InChI=1S/C23H22O6/c1-26-22(24)20-13-17-7-9-19(14-21(17)29-23(20)25)28-11-10-27-18-8-6-15-4-2-3-5-16(15)12-18/h6-9,12-14H,2-5,10-11H2,1H3. The molecular formula is C23H22O6. The predicted octanol–water partition coefficient (Wildman–Crippen LogP) is 3.92. The normalized spacial score (nSPS) is 13.0. The van der Waals surface area contributed by atoms with Gasteiger partial charge in [0.2, 0.25) is 0 Å². The van der Waals surface area contributed by atoms with Crippen LogP contribution in [0.2, 0.25) is 0 Å². The second-order valence-corrected chi connectivity index (χ2v) is 6.97. The topological polar surface area (TPSA) is 75.0 Å². The number of carbonyl (C=O) groups excluding carboxylic acids is 1. The molecule has 0 saturated carbocycles. The molecule has 0 spiro atoms. The molecule has 0 atom stereocenters. The minimum absolute atomic E-state index is 0.132. The van der Waals surface area contributed by atoms with Gasteiger partial charge in [-0.05, 0) is 67.1 Å². The van der Waals surface area contributed by atoms with Crippen molar-refractivity contribution < 1.29 is 23.4 Å². The molecule has 1 heterocycles. The summed E-state index contributed by atoms with van der Waals surface area (Å²) in [6.45, 7) is 0.759. The third kappa shape index (κ3) is 4.26. The van der Waals surface area contributed by atoms with Crippen molar-refractivity contribution in [3.05, 3.63) is 69.6 Å². The molecule has 2 aromatic carbocycles. The van der Waals surface area contributed by atoms with Gasteiger partial charge in [0.15, 0.2) is 0 Å². The molecule has 0 radical (unpaired) electrons. The van der Waals surface area contributed by atoms with Crippen molar-refractivity contribution >= 4 is 16.9 Å². The average molecular weight is 394 g/mol. The molecule has 0 N–H and O–H groups in total. The average Bonchev–Trinajstić information content (AvgIpc) is 2.75. The van der Waals surface area contributed by atoms with Crippen LogP contribution >= 0.6 is 0 Å². The molecule has 0 amide bonds. The van der Waals surface area contributed by atoms with Crippen molar-refractivity contribution in [1.29, 1.82) is 0 Å². The van der Waals surface area contributed by atoms with Gasteiger partial charge in [-0.2, -0.15) is 0 Å². The van der Waals surface area contributed by atoms with Crippen LogP contribution in [0.5, 0.6) is 11.5 Å². The van der Waals surface area contributed by atoms with Crippen LogP contribution in [-0.2, 0) is 17.6 Å². The van der Waals surface area contributed by atoms with E-state index in [4.69, 9.17) is 13.9 Å². The highest BCUT2D eigenvalue weighted by molar-refractivity contribution is 5.92. The number of methoxy groups -OCH3 is 1. The van der Waals surface area contributed by atoms with E-state index in [1.165, 1.54) is 37.1 Å². The Balaban J connectivity index is 1.37. The van der Waals surface area contributed by atoms with Crippen LogP contribution in [0.4, 0.5) is 0 Å². The van der Waals surface area contributed by atoms with Gasteiger partial charge in [-0.3, -0.25) is 0 Å². The van der Waals surface area contributed by atoms with Gasteiger partial charge in [0.1, 0.15) is 35.9 Å². The van der Waals surface area contributed by atoms with Gasteiger partial charge < -0.3 is 18.6 Å². The molecule has 4 rings (SSSR count). The number of fused-ring (bicyclic) bond motifs is 2. The summed E-state index contributed by atoms with van der Waals surface area (Å²) in [6, 6.07) is 12.8. The summed E-state index contributed by atoms with van der Waals surface area (Å²) in [4.78, 5) is 23.5. The smallest absolute Gasteiger partial charge is 0.351 e. The van der Waals surface area contributed by atoms with E-state index in [1.807, 2.05) is 6.07 Å². The molecule has 1 aliphatic rings. The molecule has 3 aromatic rings. The maximum atomic E-state index is 11.9. The summed E-state index contributed by atoms with van der Waals surface area (Å²) >= 11 is 0. The summed E-state index contributed by atoms with van der Waals surface area (Å²) in [5, 5.41) is 0.614. The third-order valence-corrected chi connectivity index (χ3v) is 5.05. The zero-order valence-corrected chi connectivity index (χ0v) is 16.2. The number of esters is 1. The van der Waals surface area contributed by atoms with Gasteiger partial charge in [-0.25, -0.2) is 9.59 Å². The predicted molar refractivity (Wildman–Crippen MR) is 108 cm³/mol. The van der Waals surface area contributed by atoms with Gasteiger partial charge >= 0.3 is 11.6 Å². The van der Waals surface area contributed by atoms with E-state index in [-0.39, 0.29) is 5.56 Å². The maximum Gasteiger partial charge on any atom is 0.351 e. The van der Waals surface area contributed by atoms with Crippen LogP contribution in [0.25, 0.3) is 11.0 Å². The zero-order chi connectivity index (χ0) is 20.2. The highest BCUT2D eigenvalue weighted by atomic mass is 16.5. The first-order valence-electron chi connectivity index (χ1n) is 9.67. The third-order valence-electron chi connectivity index (χ3n) is 5.05. The summed E-state index contributed by atoms with van der Waals surface area (Å²) < 4.78 is 21.3. The lowest BCUT2D eigenvalue weighted by atomic mass is 9.92. The first kappa shape index (κ1) is 19.1. The monoisotopic (exact) mass is 394 g/mol. The molecular weight excluding hydrogens is 372 g/mol. The fourth-order valence-corrected chi connectivity index (χ4v) is 3.55. The first-order valence-corrected chi connectivity index (χ1v) is 9.67. The van der Waals surface area contributed by atoms with Crippen LogP contribution < -0.4 is 15.1 Å². The van der Waals surface area contributed by atoms with E-state index in [1.54, 1.807) is 18.2 Å². The first-order chi connectivity index (χ1) is 14.1. The summed E-state index contributed by atoms with van der Waals surface area (Å²) in [5.41, 5.74) is 2.28. The van der Waals surface area contributed by atoms with Crippen LogP contribution in [0.3, 0.4) is 0 Å². The van der Waals surface area contributed by atoms with Crippen LogP contribution in [-0.4, -0.2) is 26.3 Å². The van der Waals surface area contributed by atoms with Gasteiger partial charge in [0, 0.05) is 11.5 Å². The molecule has 0 bridgehead atoms. The lowest BCUT2D eigenvalue weighted by molar-refractivity contribution is 0.0596. The number of aryl methyl sites for hydroxylation is 2. The minimum atomic E-state index is -0.739. The molecule has 0 unspecified atom stereocenters. The summed E-state index contributed by atoms with van der Waals surface area (Å²) in [7, 11) is 1.22.